The maximum absolute atomic E-state index is 11.0. The van der Waals surface area contributed by atoms with E-state index in [4.69, 9.17) is 4.74 Å². The van der Waals surface area contributed by atoms with Crippen LogP contribution in [-0.4, -0.2) is 30.9 Å². The number of rotatable bonds is 4. The number of likely N-dealkylation sites (tertiary alicyclic amines) is 1. The first-order valence-electron chi connectivity index (χ1n) is 6.16. The van der Waals surface area contributed by atoms with Crippen LogP contribution in [0.1, 0.15) is 24.8 Å². The summed E-state index contributed by atoms with van der Waals surface area (Å²) in [5, 5.41) is 0. The zero-order valence-corrected chi connectivity index (χ0v) is 12.7. The van der Waals surface area contributed by atoms with Crippen molar-refractivity contribution in [3.8, 4) is 5.75 Å². The van der Waals surface area contributed by atoms with Crippen LogP contribution in [0.4, 0.5) is 0 Å². The number of nitrogens with zero attached hydrogens (tertiary/aromatic N) is 1. The predicted octanol–water partition coefficient (Wildman–Crippen LogP) is 3.09. The highest BCUT2D eigenvalue weighted by molar-refractivity contribution is 5.85. The summed E-state index contributed by atoms with van der Waals surface area (Å²) in [6.45, 7) is 1.88. The first-order valence-corrected chi connectivity index (χ1v) is 6.16. The Labute approximate surface area is 127 Å². The van der Waals surface area contributed by atoms with Crippen molar-refractivity contribution in [2.24, 2.45) is 0 Å². The normalized spacial score (nSPS) is 18.9. The van der Waals surface area contributed by atoms with Crippen molar-refractivity contribution >= 4 is 31.1 Å². The van der Waals surface area contributed by atoms with E-state index in [-0.39, 0.29) is 30.9 Å². The van der Waals surface area contributed by atoms with Crippen LogP contribution in [0.15, 0.2) is 24.3 Å². The summed E-state index contributed by atoms with van der Waals surface area (Å²) in [7, 11) is 1.67. The van der Waals surface area contributed by atoms with Gasteiger partial charge in [-0.25, -0.2) is 0 Å². The molecular formula is C14H21Cl2NO2. The Morgan fingerprint density at radius 1 is 1.26 bits per heavy atom. The number of aldehydes is 1. The molecule has 2 rings (SSSR count). The third-order valence-electron chi connectivity index (χ3n) is 3.37. The van der Waals surface area contributed by atoms with E-state index < -0.39 is 0 Å². The molecule has 1 aliphatic rings. The van der Waals surface area contributed by atoms with Gasteiger partial charge in [-0.15, -0.1) is 24.8 Å². The van der Waals surface area contributed by atoms with Crippen LogP contribution >= 0.6 is 24.8 Å². The van der Waals surface area contributed by atoms with Gasteiger partial charge in [0.25, 0.3) is 0 Å². The lowest BCUT2D eigenvalue weighted by atomic mass is 10.0. The monoisotopic (exact) mass is 305 g/mol. The smallest absolute Gasteiger partial charge is 0.137 e. The van der Waals surface area contributed by atoms with Crippen LogP contribution in [0.25, 0.3) is 0 Å². The molecule has 0 spiro atoms. The molecule has 1 atom stereocenters. The Hall–Kier alpha value is -0.770. The maximum atomic E-state index is 11.0. The molecule has 19 heavy (non-hydrogen) atoms. The Balaban J connectivity index is 0.00000162. The van der Waals surface area contributed by atoms with E-state index in [2.05, 4.69) is 17.0 Å². The second kappa shape index (κ2) is 9.18. The number of methoxy groups -OCH3 is 1. The lowest BCUT2D eigenvalue weighted by molar-refractivity contribution is -0.113. The zero-order valence-electron chi connectivity index (χ0n) is 11.1. The molecule has 1 aromatic carbocycles. The molecule has 0 amide bonds. The van der Waals surface area contributed by atoms with Crippen molar-refractivity contribution in [3.63, 3.8) is 0 Å². The van der Waals surface area contributed by atoms with Gasteiger partial charge in [0, 0.05) is 6.54 Å². The number of ether oxygens (including phenoxy) is 1. The third-order valence-corrected chi connectivity index (χ3v) is 3.37. The quantitative estimate of drug-likeness (QED) is 0.801. The minimum atomic E-state index is 0. The van der Waals surface area contributed by atoms with Crippen LogP contribution in [0.3, 0.4) is 0 Å². The van der Waals surface area contributed by atoms with Crippen molar-refractivity contribution in [2.45, 2.75) is 31.8 Å². The van der Waals surface area contributed by atoms with Gasteiger partial charge in [0.1, 0.15) is 12.0 Å². The fraction of sp³-hybridized carbons (Fsp3) is 0.500. The summed E-state index contributed by atoms with van der Waals surface area (Å²) < 4.78 is 5.13. The standard InChI is InChI=1S/C14H19NO2.2ClH/c1-17-14-7-5-12(6-8-14)10-15-9-3-2-4-13(15)11-16;;/h5-8,11,13H,2-4,9-10H2,1H3;2*1H/t13-;;/m0../s1. The zero-order chi connectivity index (χ0) is 12.1. The van der Waals surface area contributed by atoms with E-state index in [1.165, 1.54) is 18.4 Å². The first-order chi connectivity index (χ1) is 8.33. The number of benzene rings is 1. The molecule has 1 fully saturated rings. The van der Waals surface area contributed by atoms with Gasteiger partial charge in [0.15, 0.2) is 0 Å². The number of hydrogen-bond donors (Lipinski definition) is 0. The van der Waals surface area contributed by atoms with Crippen molar-refractivity contribution in [3.05, 3.63) is 29.8 Å². The highest BCUT2D eigenvalue weighted by atomic mass is 35.5. The molecule has 5 heteroatoms. The lowest BCUT2D eigenvalue weighted by Gasteiger charge is -2.32. The van der Waals surface area contributed by atoms with Gasteiger partial charge >= 0.3 is 0 Å². The maximum Gasteiger partial charge on any atom is 0.137 e. The highest BCUT2D eigenvalue weighted by Crippen LogP contribution is 2.19. The predicted molar refractivity (Wildman–Crippen MR) is 81.6 cm³/mol. The molecule has 3 nitrogen and oxygen atoms in total. The Morgan fingerprint density at radius 3 is 2.53 bits per heavy atom. The van der Waals surface area contributed by atoms with Crippen LogP contribution in [0.2, 0.25) is 0 Å². The second-order valence-electron chi connectivity index (χ2n) is 4.52. The molecule has 0 aliphatic carbocycles. The summed E-state index contributed by atoms with van der Waals surface area (Å²) in [5.41, 5.74) is 1.24. The van der Waals surface area contributed by atoms with E-state index in [1.807, 2.05) is 12.1 Å². The van der Waals surface area contributed by atoms with Crippen molar-refractivity contribution in [1.82, 2.24) is 4.90 Å². The van der Waals surface area contributed by atoms with Gasteiger partial charge in [-0.1, -0.05) is 18.6 Å². The first kappa shape index (κ1) is 18.2. The molecule has 0 N–H and O–H groups in total. The van der Waals surface area contributed by atoms with Crippen molar-refractivity contribution in [1.29, 1.82) is 0 Å². The molecule has 0 radical (unpaired) electrons. The second-order valence-corrected chi connectivity index (χ2v) is 4.52. The van der Waals surface area contributed by atoms with Gasteiger partial charge in [0.2, 0.25) is 0 Å². The van der Waals surface area contributed by atoms with E-state index in [1.54, 1.807) is 7.11 Å². The number of halogens is 2. The van der Waals surface area contributed by atoms with E-state index >= 15 is 0 Å². The SMILES string of the molecule is COc1ccc(CN2CCCC[C@H]2C=O)cc1.Cl.Cl. The Morgan fingerprint density at radius 2 is 1.95 bits per heavy atom. The molecule has 1 aliphatic heterocycles. The molecule has 108 valence electrons. The topological polar surface area (TPSA) is 29.5 Å². The average molecular weight is 306 g/mol. The summed E-state index contributed by atoms with van der Waals surface area (Å²) in [5.74, 6) is 0.874. The highest BCUT2D eigenvalue weighted by Gasteiger charge is 2.21. The molecule has 0 unspecified atom stereocenters. The molecule has 1 saturated heterocycles. The van der Waals surface area contributed by atoms with E-state index in [9.17, 15) is 4.79 Å². The number of carbonyl (C=O) groups excluding carboxylic acids is 1. The van der Waals surface area contributed by atoms with E-state index in [0.717, 1.165) is 31.5 Å². The van der Waals surface area contributed by atoms with Gasteiger partial charge in [0.05, 0.1) is 13.2 Å². The van der Waals surface area contributed by atoms with Crippen LogP contribution in [0, 0.1) is 0 Å². The number of hydrogen-bond acceptors (Lipinski definition) is 3. The summed E-state index contributed by atoms with van der Waals surface area (Å²) >= 11 is 0. The minimum Gasteiger partial charge on any atom is -0.497 e. The van der Waals surface area contributed by atoms with Gasteiger partial charge < -0.3 is 9.53 Å². The third kappa shape index (κ3) is 5.01. The number of piperidine rings is 1. The fourth-order valence-corrected chi connectivity index (χ4v) is 2.33. The number of carbonyl (C=O) groups is 1. The summed E-state index contributed by atoms with van der Waals surface area (Å²) in [6, 6.07) is 8.17. The molecule has 1 aromatic rings. The molecule has 0 saturated carbocycles. The summed E-state index contributed by atoms with van der Waals surface area (Å²) in [4.78, 5) is 13.3. The van der Waals surface area contributed by atoms with Crippen molar-refractivity contribution in [2.75, 3.05) is 13.7 Å². The largest absolute Gasteiger partial charge is 0.497 e. The van der Waals surface area contributed by atoms with E-state index in [0.29, 0.717) is 0 Å². The lowest BCUT2D eigenvalue weighted by Crippen LogP contribution is -2.39. The van der Waals surface area contributed by atoms with Crippen LogP contribution < -0.4 is 4.74 Å². The van der Waals surface area contributed by atoms with Crippen LogP contribution in [-0.2, 0) is 11.3 Å². The molecule has 1 heterocycles. The fourth-order valence-electron chi connectivity index (χ4n) is 2.33. The minimum absolute atomic E-state index is 0. The molecular weight excluding hydrogens is 285 g/mol. The average Bonchev–Trinajstić information content (AvgIpc) is 2.40. The van der Waals surface area contributed by atoms with Gasteiger partial charge in [-0.05, 0) is 37.1 Å². The van der Waals surface area contributed by atoms with Crippen molar-refractivity contribution < 1.29 is 9.53 Å². The van der Waals surface area contributed by atoms with Gasteiger partial charge in [-0.2, -0.15) is 0 Å². The van der Waals surface area contributed by atoms with Gasteiger partial charge in [-0.3, -0.25) is 4.90 Å². The Bertz CT molecular complexity index is 370. The summed E-state index contributed by atoms with van der Waals surface area (Å²) in [6.07, 6.45) is 4.45. The van der Waals surface area contributed by atoms with Crippen LogP contribution in [0.5, 0.6) is 5.75 Å². The Kier molecular flexibility index (Phi) is 8.81. The molecule has 0 aromatic heterocycles. The molecule has 0 bridgehead atoms.